The smallest absolute Gasteiger partial charge is 0.227 e. The molecule has 1 N–H and O–H groups in total. The largest absolute Gasteiger partial charge is 0.324 e. The van der Waals surface area contributed by atoms with Gasteiger partial charge in [0.2, 0.25) is 5.95 Å². The number of nitrogens with zero attached hydrogens (tertiary/aromatic N) is 3. The van der Waals surface area contributed by atoms with E-state index in [9.17, 15) is 0 Å². The molecule has 2 heterocycles. The molecule has 0 fully saturated rings. The van der Waals surface area contributed by atoms with Crippen LogP contribution in [0.2, 0.25) is 0 Å². The number of hydrogen-bond donors (Lipinski definition) is 1. The van der Waals surface area contributed by atoms with Crippen LogP contribution in [-0.2, 0) is 0 Å². The van der Waals surface area contributed by atoms with Crippen LogP contribution in [0.15, 0.2) is 30.5 Å². The number of benzene rings is 1. The van der Waals surface area contributed by atoms with Crippen molar-refractivity contribution in [2.75, 3.05) is 5.32 Å². The monoisotopic (exact) mass is 310 g/mol. The van der Waals surface area contributed by atoms with Crippen molar-refractivity contribution < 1.29 is 0 Å². The van der Waals surface area contributed by atoms with E-state index in [-0.39, 0.29) is 0 Å². The summed E-state index contributed by atoms with van der Waals surface area (Å²) in [5, 5.41) is 4.33. The van der Waals surface area contributed by atoms with E-state index >= 15 is 0 Å². The highest BCUT2D eigenvalue weighted by Crippen LogP contribution is 2.26. The molecule has 4 nitrogen and oxygen atoms in total. The second-order valence-electron chi connectivity index (χ2n) is 5.40. The molecule has 0 atom stereocenters. The lowest BCUT2D eigenvalue weighted by Gasteiger charge is -2.08. The maximum Gasteiger partial charge on any atom is 0.227 e. The number of nitrogens with one attached hydrogen (secondary N) is 1. The number of thiazole rings is 1. The first-order valence-electron chi connectivity index (χ1n) is 7.14. The Morgan fingerprint density at radius 2 is 1.68 bits per heavy atom. The van der Waals surface area contributed by atoms with E-state index in [1.54, 1.807) is 17.5 Å². The van der Waals surface area contributed by atoms with Crippen LogP contribution in [0.5, 0.6) is 0 Å². The van der Waals surface area contributed by atoms with Crippen LogP contribution in [0, 0.1) is 27.7 Å². The van der Waals surface area contributed by atoms with E-state index in [0.29, 0.717) is 5.95 Å². The molecule has 3 aromatic rings. The van der Waals surface area contributed by atoms with Crippen molar-refractivity contribution in [2.24, 2.45) is 0 Å². The maximum absolute atomic E-state index is 4.59. The zero-order valence-electron chi connectivity index (χ0n) is 13.1. The Hall–Kier alpha value is -2.27. The second kappa shape index (κ2) is 5.85. The highest BCUT2D eigenvalue weighted by molar-refractivity contribution is 7.11. The highest BCUT2D eigenvalue weighted by atomic mass is 32.1. The van der Waals surface area contributed by atoms with Crippen molar-refractivity contribution in [2.45, 2.75) is 27.7 Å². The van der Waals surface area contributed by atoms with Crippen molar-refractivity contribution in [1.82, 2.24) is 15.0 Å². The summed E-state index contributed by atoms with van der Waals surface area (Å²) in [5.41, 5.74) is 5.21. The van der Waals surface area contributed by atoms with Gasteiger partial charge in [0, 0.05) is 16.8 Å². The van der Waals surface area contributed by atoms with E-state index in [2.05, 4.69) is 59.2 Å². The molecule has 0 amide bonds. The fourth-order valence-corrected chi connectivity index (χ4v) is 3.32. The normalized spacial score (nSPS) is 10.7. The van der Waals surface area contributed by atoms with Gasteiger partial charge in [-0.2, -0.15) is 0 Å². The lowest BCUT2D eigenvalue weighted by Crippen LogP contribution is -1.99. The Balaban J connectivity index is 1.93. The number of rotatable bonds is 3. The molecule has 0 spiro atoms. The molecule has 22 heavy (non-hydrogen) atoms. The van der Waals surface area contributed by atoms with Crippen LogP contribution in [0.25, 0.3) is 11.4 Å². The standard InChI is InChI=1S/C17H18N4S/c1-10-7-11(2)9-14(8-10)20-17-18-6-5-15(21-17)16-12(3)22-13(4)19-16/h5-9H,1-4H3,(H,18,20,21). The first kappa shape index (κ1) is 14.7. The third-order valence-electron chi connectivity index (χ3n) is 3.28. The summed E-state index contributed by atoms with van der Waals surface area (Å²) in [7, 11) is 0. The molecule has 3 rings (SSSR count). The molecule has 0 unspecified atom stereocenters. The molecule has 0 aliphatic rings. The highest BCUT2D eigenvalue weighted by Gasteiger charge is 2.10. The van der Waals surface area contributed by atoms with Crippen molar-refractivity contribution in [3.8, 4) is 11.4 Å². The minimum Gasteiger partial charge on any atom is -0.324 e. The van der Waals surface area contributed by atoms with Crippen molar-refractivity contribution in [3.63, 3.8) is 0 Å². The molecule has 112 valence electrons. The Labute approximate surface area is 134 Å². The Morgan fingerprint density at radius 1 is 0.955 bits per heavy atom. The van der Waals surface area contributed by atoms with Gasteiger partial charge in [-0.05, 0) is 57.0 Å². The minimum atomic E-state index is 0.590. The topological polar surface area (TPSA) is 50.7 Å². The number of anilines is 2. The SMILES string of the molecule is Cc1cc(C)cc(Nc2nccc(-c3nc(C)sc3C)n2)c1. The molecule has 5 heteroatoms. The Kier molecular flexibility index (Phi) is 3.90. The fraction of sp³-hybridized carbons (Fsp3) is 0.235. The predicted octanol–water partition coefficient (Wildman–Crippen LogP) is 4.58. The molecule has 0 radical (unpaired) electrons. The zero-order chi connectivity index (χ0) is 15.7. The van der Waals surface area contributed by atoms with Gasteiger partial charge in [-0.15, -0.1) is 11.3 Å². The van der Waals surface area contributed by atoms with E-state index in [1.807, 2.05) is 13.0 Å². The Morgan fingerprint density at radius 3 is 2.32 bits per heavy atom. The van der Waals surface area contributed by atoms with Crippen molar-refractivity contribution >= 4 is 23.0 Å². The van der Waals surface area contributed by atoms with Gasteiger partial charge < -0.3 is 5.32 Å². The molecular formula is C17H18N4S. The van der Waals surface area contributed by atoms with Gasteiger partial charge in [-0.1, -0.05) is 6.07 Å². The first-order chi connectivity index (χ1) is 10.5. The number of aryl methyl sites for hydroxylation is 4. The quantitative estimate of drug-likeness (QED) is 0.769. The van der Waals surface area contributed by atoms with Gasteiger partial charge in [0.05, 0.1) is 10.7 Å². The van der Waals surface area contributed by atoms with Crippen LogP contribution in [0.3, 0.4) is 0 Å². The van der Waals surface area contributed by atoms with E-state index < -0.39 is 0 Å². The second-order valence-corrected chi connectivity index (χ2v) is 6.81. The summed E-state index contributed by atoms with van der Waals surface area (Å²) in [5.74, 6) is 0.590. The molecule has 2 aromatic heterocycles. The summed E-state index contributed by atoms with van der Waals surface area (Å²) in [6.45, 7) is 8.24. The lowest BCUT2D eigenvalue weighted by molar-refractivity contribution is 1.15. The van der Waals surface area contributed by atoms with Crippen LogP contribution in [-0.4, -0.2) is 15.0 Å². The van der Waals surface area contributed by atoms with Crippen LogP contribution in [0.4, 0.5) is 11.6 Å². The van der Waals surface area contributed by atoms with Gasteiger partial charge in [-0.25, -0.2) is 15.0 Å². The van der Waals surface area contributed by atoms with Crippen molar-refractivity contribution in [1.29, 1.82) is 0 Å². The summed E-state index contributed by atoms with van der Waals surface area (Å²) >= 11 is 1.69. The number of hydrogen-bond acceptors (Lipinski definition) is 5. The lowest BCUT2D eigenvalue weighted by atomic mass is 10.1. The van der Waals surface area contributed by atoms with E-state index in [4.69, 9.17) is 0 Å². The summed E-state index contributed by atoms with van der Waals surface area (Å²) in [4.78, 5) is 14.6. The van der Waals surface area contributed by atoms with Crippen LogP contribution in [0.1, 0.15) is 21.0 Å². The summed E-state index contributed by atoms with van der Waals surface area (Å²) < 4.78 is 0. The average molecular weight is 310 g/mol. The third-order valence-corrected chi connectivity index (χ3v) is 4.17. The summed E-state index contributed by atoms with van der Waals surface area (Å²) in [6.07, 6.45) is 1.77. The van der Waals surface area contributed by atoms with E-state index in [0.717, 1.165) is 22.1 Å². The molecule has 1 aromatic carbocycles. The predicted molar refractivity (Wildman–Crippen MR) is 91.8 cm³/mol. The van der Waals surface area contributed by atoms with Gasteiger partial charge in [0.15, 0.2) is 0 Å². The van der Waals surface area contributed by atoms with E-state index in [1.165, 1.54) is 16.0 Å². The molecule has 0 aliphatic carbocycles. The number of aromatic nitrogens is 3. The minimum absolute atomic E-state index is 0.590. The van der Waals surface area contributed by atoms with Gasteiger partial charge in [0.25, 0.3) is 0 Å². The molecular weight excluding hydrogens is 292 g/mol. The zero-order valence-corrected chi connectivity index (χ0v) is 14.0. The summed E-state index contributed by atoms with van der Waals surface area (Å²) in [6, 6.07) is 8.21. The Bertz CT molecular complexity index is 803. The fourth-order valence-electron chi connectivity index (χ4n) is 2.49. The van der Waals surface area contributed by atoms with Gasteiger partial charge in [-0.3, -0.25) is 0 Å². The molecule has 0 saturated carbocycles. The average Bonchev–Trinajstić information content (AvgIpc) is 2.77. The molecule has 0 bridgehead atoms. The van der Waals surface area contributed by atoms with Gasteiger partial charge in [0.1, 0.15) is 5.69 Å². The maximum atomic E-state index is 4.59. The van der Waals surface area contributed by atoms with Crippen molar-refractivity contribution in [3.05, 3.63) is 51.5 Å². The first-order valence-corrected chi connectivity index (χ1v) is 7.96. The third kappa shape index (κ3) is 3.14. The van der Waals surface area contributed by atoms with Crippen LogP contribution < -0.4 is 5.32 Å². The van der Waals surface area contributed by atoms with Crippen LogP contribution >= 0.6 is 11.3 Å². The van der Waals surface area contributed by atoms with Gasteiger partial charge >= 0.3 is 0 Å². The molecule has 0 aliphatic heterocycles. The molecule has 0 saturated heterocycles.